The van der Waals surface area contributed by atoms with E-state index < -0.39 is 0 Å². The minimum Gasteiger partial charge on any atom is -0.338 e. The third-order valence-corrected chi connectivity index (χ3v) is 5.30. The smallest absolute Gasteiger partial charge is 0.321 e. The van der Waals surface area contributed by atoms with Crippen molar-refractivity contribution in [1.82, 2.24) is 10.3 Å². The van der Waals surface area contributed by atoms with Crippen LogP contribution in [-0.4, -0.2) is 23.5 Å². The third-order valence-electron chi connectivity index (χ3n) is 3.78. The number of anilines is 2. The maximum absolute atomic E-state index is 12.7. The zero-order chi connectivity index (χ0) is 19.3. The monoisotopic (exact) mass is 438 g/mol. The van der Waals surface area contributed by atoms with E-state index in [2.05, 4.69) is 43.8 Å². The molecule has 3 amide bonds. The van der Waals surface area contributed by atoms with Crippen molar-refractivity contribution >= 4 is 50.0 Å². The number of hydrogen-bond acceptors (Lipinski definition) is 4. The fourth-order valence-electron chi connectivity index (χ4n) is 2.46. The molecule has 140 valence electrons. The van der Waals surface area contributed by atoms with Crippen LogP contribution in [0.25, 0.3) is 0 Å². The van der Waals surface area contributed by atoms with E-state index >= 15 is 0 Å². The molecule has 0 radical (unpaired) electrons. The van der Waals surface area contributed by atoms with Gasteiger partial charge in [-0.05, 0) is 50.5 Å². The molecule has 3 N–H and O–H groups in total. The predicted octanol–water partition coefficient (Wildman–Crippen LogP) is 5.00. The van der Waals surface area contributed by atoms with E-state index in [0.29, 0.717) is 22.2 Å². The number of benzene rings is 1. The Morgan fingerprint density at radius 1 is 1.15 bits per heavy atom. The second kappa shape index (κ2) is 9.14. The van der Waals surface area contributed by atoms with E-state index in [1.807, 2.05) is 26.0 Å². The fraction of sp³-hybridized carbons (Fsp3) is 0.389. The van der Waals surface area contributed by atoms with Crippen LogP contribution in [0, 0.1) is 20.8 Å². The van der Waals surface area contributed by atoms with Crippen LogP contribution in [0.15, 0.2) is 16.6 Å². The van der Waals surface area contributed by atoms with Crippen LogP contribution < -0.4 is 16.0 Å². The van der Waals surface area contributed by atoms with Gasteiger partial charge >= 0.3 is 6.03 Å². The van der Waals surface area contributed by atoms with Gasteiger partial charge in [0.2, 0.25) is 0 Å². The molecule has 0 aliphatic rings. The molecule has 6 nitrogen and oxygen atoms in total. The lowest BCUT2D eigenvalue weighted by Gasteiger charge is -2.11. The van der Waals surface area contributed by atoms with Gasteiger partial charge in [-0.3, -0.25) is 10.1 Å². The fourth-order valence-corrected chi connectivity index (χ4v) is 4.00. The van der Waals surface area contributed by atoms with E-state index in [-0.39, 0.29) is 11.9 Å². The van der Waals surface area contributed by atoms with Gasteiger partial charge in [0.25, 0.3) is 5.91 Å². The van der Waals surface area contributed by atoms with Crippen molar-refractivity contribution in [3.63, 3.8) is 0 Å². The Morgan fingerprint density at radius 3 is 2.42 bits per heavy atom. The first kappa shape index (κ1) is 20.4. The minimum absolute atomic E-state index is 0.229. The van der Waals surface area contributed by atoms with E-state index in [9.17, 15) is 9.59 Å². The van der Waals surface area contributed by atoms with E-state index in [1.54, 1.807) is 6.92 Å². The maximum atomic E-state index is 12.7. The van der Waals surface area contributed by atoms with Crippen molar-refractivity contribution in [2.45, 2.75) is 40.5 Å². The van der Waals surface area contributed by atoms with Gasteiger partial charge in [0, 0.05) is 16.7 Å². The number of aromatic nitrogens is 1. The minimum atomic E-state index is -0.307. The number of aryl methyl sites for hydroxylation is 3. The summed E-state index contributed by atoms with van der Waals surface area (Å²) in [5.41, 5.74) is 3.32. The molecule has 0 unspecified atom stereocenters. The molecule has 1 heterocycles. The predicted molar refractivity (Wildman–Crippen MR) is 110 cm³/mol. The first-order chi connectivity index (χ1) is 12.3. The van der Waals surface area contributed by atoms with E-state index in [1.165, 1.54) is 0 Å². The Balaban J connectivity index is 2.09. The SMILES string of the molecule is CCCCNC(=O)Nc1nc(C)c(C(=O)Nc2c(C)cc(Br)cc2C)s1. The standard InChI is InChI=1S/C18H23BrN4O2S/c1-5-6-7-20-17(25)23-18-21-12(4)15(26-18)16(24)22-14-10(2)8-13(19)9-11(14)3/h8-9H,5-7H2,1-4H3,(H,22,24)(H2,20,21,23,25). The van der Waals surface area contributed by atoms with E-state index in [0.717, 1.165) is 45.5 Å². The number of nitrogens with one attached hydrogen (secondary N) is 3. The Morgan fingerprint density at radius 2 is 1.81 bits per heavy atom. The van der Waals surface area contributed by atoms with Crippen molar-refractivity contribution in [2.24, 2.45) is 0 Å². The van der Waals surface area contributed by atoms with Crippen molar-refractivity contribution in [3.8, 4) is 0 Å². The number of unbranched alkanes of at least 4 members (excludes halogenated alkanes) is 1. The molecular weight excluding hydrogens is 416 g/mol. The Hall–Kier alpha value is -1.93. The molecule has 0 bridgehead atoms. The van der Waals surface area contributed by atoms with Crippen LogP contribution in [-0.2, 0) is 0 Å². The molecule has 1 aromatic carbocycles. The van der Waals surface area contributed by atoms with Crippen LogP contribution >= 0.6 is 27.3 Å². The molecule has 26 heavy (non-hydrogen) atoms. The van der Waals surface area contributed by atoms with Crippen molar-refractivity contribution in [3.05, 3.63) is 38.3 Å². The molecular formula is C18H23BrN4O2S. The zero-order valence-corrected chi connectivity index (χ0v) is 17.7. The van der Waals surface area contributed by atoms with Crippen molar-refractivity contribution in [2.75, 3.05) is 17.2 Å². The van der Waals surface area contributed by atoms with Crippen molar-refractivity contribution in [1.29, 1.82) is 0 Å². The molecule has 2 aromatic rings. The molecule has 0 aliphatic carbocycles. The molecule has 2 rings (SSSR count). The lowest BCUT2D eigenvalue weighted by Crippen LogP contribution is -2.29. The summed E-state index contributed by atoms with van der Waals surface area (Å²) in [4.78, 5) is 29.2. The number of thiazole rings is 1. The average molecular weight is 439 g/mol. The van der Waals surface area contributed by atoms with Crippen LogP contribution in [0.3, 0.4) is 0 Å². The van der Waals surface area contributed by atoms with Crippen LogP contribution in [0.2, 0.25) is 0 Å². The van der Waals surface area contributed by atoms with Gasteiger partial charge in [-0.15, -0.1) is 0 Å². The quantitative estimate of drug-likeness (QED) is 0.554. The van der Waals surface area contributed by atoms with Crippen molar-refractivity contribution < 1.29 is 9.59 Å². The summed E-state index contributed by atoms with van der Waals surface area (Å²) in [6, 6.07) is 3.60. The molecule has 0 fully saturated rings. The number of halogens is 1. The summed E-state index contributed by atoms with van der Waals surface area (Å²) in [5.74, 6) is -0.229. The van der Waals surface area contributed by atoms with Gasteiger partial charge in [0.15, 0.2) is 5.13 Å². The number of hydrogen-bond donors (Lipinski definition) is 3. The highest BCUT2D eigenvalue weighted by Gasteiger charge is 2.18. The van der Waals surface area contributed by atoms with E-state index in [4.69, 9.17) is 0 Å². The second-order valence-electron chi connectivity index (χ2n) is 6.04. The number of carbonyl (C=O) groups is 2. The van der Waals surface area contributed by atoms with Gasteiger partial charge in [0.05, 0.1) is 5.69 Å². The number of amides is 3. The Labute approximate surface area is 165 Å². The number of nitrogens with zero attached hydrogens (tertiary/aromatic N) is 1. The van der Waals surface area contributed by atoms with Gasteiger partial charge < -0.3 is 10.6 Å². The van der Waals surface area contributed by atoms with Gasteiger partial charge in [-0.1, -0.05) is 40.6 Å². The maximum Gasteiger partial charge on any atom is 0.321 e. The van der Waals surface area contributed by atoms with Gasteiger partial charge in [0.1, 0.15) is 4.88 Å². The zero-order valence-electron chi connectivity index (χ0n) is 15.3. The van der Waals surface area contributed by atoms with Crippen LogP contribution in [0.1, 0.15) is 46.3 Å². The average Bonchev–Trinajstić information content (AvgIpc) is 2.91. The highest BCUT2D eigenvalue weighted by atomic mass is 79.9. The normalized spacial score (nSPS) is 10.5. The number of rotatable bonds is 6. The molecule has 0 atom stereocenters. The number of carbonyl (C=O) groups excluding carboxylic acids is 2. The molecule has 8 heteroatoms. The summed E-state index contributed by atoms with van der Waals surface area (Å²) in [6.07, 6.45) is 1.93. The lowest BCUT2D eigenvalue weighted by molar-refractivity contribution is 0.102. The first-order valence-electron chi connectivity index (χ1n) is 8.42. The van der Waals surface area contributed by atoms with Crippen LogP contribution in [0.4, 0.5) is 15.6 Å². The topological polar surface area (TPSA) is 83.1 Å². The summed E-state index contributed by atoms with van der Waals surface area (Å²) in [7, 11) is 0. The molecule has 0 spiro atoms. The summed E-state index contributed by atoms with van der Waals surface area (Å²) < 4.78 is 0.972. The first-order valence-corrected chi connectivity index (χ1v) is 10.0. The second-order valence-corrected chi connectivity index (χ2v) is 7.95. The molecule has 0 saturated carbocycles. The largest absolute Gasteiger partial charge is 0.338 e. The summed E-state index contributed by atoms with van der Waals surface area (Å²) in [5, 5.41) is 8.81. The van der Waals surface area contributed by atoms with Gasteiger partial charge in [-0.25, -0.2) is 9.78 Å². The molecule has 1 aromatic heterocycles. The van der Waals surface area contributed by atoms with Gasteiger partial charge in [-0.2, -0.15) is 0 Å². The summed E-state index contributed by atoms with van der Waals surface area (Å²) >= 11 is 4.62. The lowest BCUT2D eigenvalue weighted by atomic mass is 10.1. The molecule has 0 aliphatic heterocycles. The Kier molecular flexibility index (Phi) is 7.16. The third kappa shape index (κ3) is 5.28. The highest BCUT2D eigenvalue weighted by molar-refractivity contribution is 9.10. The summed E-state index contributed by atoms with van der Waals surface area (Å²) in [6.45, 7) is 8.32. The Bertz CT molecular complexity index is 797. The highest BCUT2D eigenvalue weighted by Crippen LogP contribution is 2.28. The molecule has 0 saturated heterocycles. The number of urea groups is 1. The van der Waals surface area contributed by atoms with Crippen LogP contribution in [0.5, 0.6) is 0 Å².